The van der Waals surface area contributed by atoms with Crippen molar-refractivity contribution in [3.8, 4) is 11.8 Å². The summed E-state index contributed by atoms with van der Waals surface area (Å²) in [6.45, 7) is 8.80. The Morgan fingerprint density at radius 1 is 1.23 bits per heavy atom. The second-order valence-corrected chi connectivity index (χ2v) is 9.24. The van der Waals surface area contributed by atoms with Crippen molar-refractivity contribution in [1.29, 1.82) is 5.26 Å². The Kier molecular flexibility index (Phi) is 9.92. The number of benzene rings is 1. The van der Waals surface area contributed by atoms with Gasteiger partial charge < -0.3 is 14.4 Å². The quantitative estimate of drug-likeness (QED) is 0.286. The maximum atomic E-state index is 12.8. The summed E-state index contributed by atoms with van der Waals surface area (Å²) in [5.74, 6) is 0.422. The number of ether oxygens (including phenoxy) is 2. The smallest absolute Gasteiger partial charge is 0.338 e. The number of allylic oxidation sites excluding steroid dienone is 2. The highest BCUT2D eigenvalue weighted by molar-refractivity contribution is 5.96. The van der Waals surface area contributed by atoms with E-state index in [-0.39, 0.29) is 11.9 Å². The van der Waals surface area contributed by atoms with E-state index in [1.807, 2.05) is 17.0 Å². The van der Waals surface area contributed by atoms with Gasteiger partial charge in [-0.1, -0.05) is 37.5 Å². The Balaban J connectivity index is 1.44. The molecule has 0 spiro atoms. The van der Waals surface area contributed by atoms with Crippen LogP contribution < -0.4 is 4.74 Å². The predicted octanol–water partition coefficient (Wildman–Crippen LogP) is 4.02. The third-order valence-electron chi connectivity index (χ3n) is 6.81. The van der Waals surface area contributed by atoms with E-state index in [1.165, 1.54) is 12.7 Å². The van der Waals surface area contributed by atoms with Gasteiger partial charge in [-0.15, -0.1) is 0 Å². The molecule has 2 aliphatic heterocycles. The summed E-state index contributed by atoms with van der Waals surface area (Å²) in [6, 6.07) is 7.39. The summed E-state index contributed by atoms with van der Waals surface area (Å²) in [5.41, 5.74) is 4.41. The third-order valence-corrected chi connectivity index (χ3v) is 6.81. The summed E-state index contributed by atoms with van der Waals surface area (Å²) in [5, 5.41) is 9.13. The van der Waals surface area contributed by atoms with E-state index in [2.05, 4.69) is 24.8 Å². The Hall–Kier alpha value is -3.11. The molecule has 0 saturated carbocycles. The first kappa shape index (κ1) is 26.5. The molecule has 2 saturated heterocycles. The Bertz CT molecular complexity index is 1010. The van der Waals surface area contributed by atoms with Gasteiger partial charge in [0.2, 0.25) is 5.91 Å². The van der Waals surface area contributed by atoms with Gasteiger partial charge in [-0.2, -0.15) is 5.26 Å². The highest BCUT2D eigenvalue weighted by atomic mass is 16.5. The van der Waals surface area contributed by atoms with E-state index in [4.69, 9.17) is 14.7 Å². The first-order chi connectivity index (χ1) is 17.0. The number of esters is 1. The lowest BCUT2D eigenvalue weighted by molar-refractivity contribution is -0.135. The number of carbonyl (C=O) groups excluding carboxylic acids is 2. The second-order valence-electron chi connectivity index (χ2n) is 9.24. The molecule has 0 aromatic heterocycles. The third kappa shape index (κ3) is 7.19. The summed E-state index contributed by atoms with van der Waals surface area (Å²) in [7, 11) is 1.53. The van der Waals surface area contributed by atoms with Gasteiger partial charge in [-0.3, -0.25) is 9.69 Å². The van der Waals surface area contributed by atoms with Crippen LogP contribution in [0.4, 0.5) is 0 Å². The fourth-order valence-electron chi connectivity index (χ4n) is 4.59. The molecule has 188 valence electrons. The molecule has 2 heterocycles. The number of unbranched alkanes of at least 4 members (excludes halogenated alkanes) is 2. The molecule has 1 amide bonds. The molecular formula is C28H37N3O4. The molecule has 7 nitrogen and oxygen atoms in total. The zero-order chi connectivity index (χ0) is 25.2. The SMILES string of the molecule is CCCCC=C1C(=O)OCC1=C(C)CCCN1CCN(C(=O)Cc2ccc(C#N)c(OC)c2)CC1. The van der Waals surface area contributed by atoms with Crippen LogP contribution >= 0.6 is 0 Å². The maximum absolute atomic E-state index is 12.8. The number of hydrogen-bond donors (Lipinski definition) is 0. The summed E-state index contributed by atoms with van der Waals surface area (Å²) < 4.78 is 10.5. The van der Waals surface area contributed by atoms with Crippen molar-refractivity contribution in [3.63, 3.8) is 0 Å². The summed E-state index contributed by atoms with van der Waals surface area (Å²) in [4.78, 5) is 29.2. The number of cyclic esters (lactones) is 1. The first-order valence-corrected chi connectivity index (χ1v) is 12.6. The predicted molar refractivity (Wildman–Crippen MR) is 135 cm³/mol. The zero-order valence-electron chi connectivity index (χ0n) is 21.3. The van der Waals surface area contributed by atoms with Crippen LogP contribution in [0.5, 0.6) is 5.75 Å². The van der Waals surface area contributed by atoms with Gasteiger partial charge in [0, 0.05) is 31.8 Å². The molecule has 2 fully saturated rings. The monoisotopic (exact) mass is 479 g/mol. The lowest BCUT2D eigenvalue weighted by Crippen LogP contribution is -2.49. The maximum Gasteiger partial charge on any atom is 0.338 e. The molecule has 7 heteroatoms. The van der Waals surface area contributed by atoms with Gasteiger partial charge >= 0.3 is 5.97 Å². The number of nitrogens with zero attached hydrogens (tertiary/aromatic N) is 3. The zero-order valence-corrected chi connectivity index (χ0v) is 21.3. The number of carbonyl (C=O) groups is 2. The molecule has 1 aromatic carbocycles. The highest BCUT2D eigenvalue weighted by Crippen LogP contribution is 2.27. The van der Waals surface area contributed by atoms with Crippen molar-refractivity contribution in [2.75, 3.05) is 46.4 Å². The van der Waals surface area contributed by atoms with Crippen molar-refractivity contribution in [3.05, 3.63) is 52.1 Å². The topological polar surface area (TPSA) is 82.9 Å². The van der Waals surface area contributed by atoms with Crippen molar-refractivity contribution < 1.29 is 19.1 Å². The van der Waals surface area contributed by atoms with Crippen LogP contribution in [0.25, 0.3) is 0 Å². The largest absolute Gasteiger partial charge is 0.495 e. The van der Waals surface area contributed by atoms with Crippen LogP contribution in [0.15, 0.2) is 41.0 Å². The minimum atomic E-state index is -0.185. The lowest BCUT2D eigenvalue weighted by Gasteiger charge is -2.35. The van der Waals surface area contributed by atoms with E-state index in [0.29, 0.717) is 24.3 Å². The molecule has 1 aromatic rings. The van der Waals surface area contributed by atoms with Gasteiger partial charge in [0.1, 0.15) is 18.4 Å². The molecule has 0 bridgehead atoms. The molecule has 0 aliphatic carbocycles. The minimum absolute atomic E-state index is 0.102. The number of hydrogen-bond acceptors (Lipinski definition) is 6. The normalized spacial score (nSPS) is 19.0. The fourth-order valence-corrected chi connectivity index (χ4v) is 4.59. The van der Waals surface area contributed by atoms with Gasteiger partial charge in [-0.25, -0.2) is 4.79 Å². The van der Waals surface area contributed by atoms with Crippen molar-refractivity contribution in [2.24, 2.45) is 0 Å². The van der Waals surface area contributed by atoms with E-state index in [1.54, 1.807) is 12.1 Å². The Labute approximate surface area is 209 Å². The van der Waals surface area contributed by atoms with Crippen LogP contribution in [0.2, 0.25) is 0 Å². The van der Waals surface area contributed by atoms with Crippen LogP contribution in [-0.4, -0.2) is 68.1 Å². The molecule has 0 atom stereocenters. The van der Waals surface area contributed by atoms with Crippen molar-refractivity contribution in [2.45, 2.75) is 52.4 Å². The molecule has 35 heavy (non-hydrogen) atoms. The minimum Gasteiger partial charge on any atom is -0.495 e. The molecule has 0 unspecified atom stereocenters. The number of nitriles is 1. The van der Waals surface area contributed by atoms with E-state index >= 15 is 0 Å². The molecule has 2 aliphatic rings. The van der Waals surface area contributed by atoms with Crippen LogP contribution in [0.1, 0.15) is 57.1 Å². The number of piperazine rings is 1. The molecule has 0 radical (unpaired) electrons. The van der Waals surface area contributed by atoms with Gasteiger partial charge in [0.15, 0.2) is 0 Å². The summed E-state index contributed by atoms with van der Waals surface area (Å²) >= 11 is 0. The second kappa shape index (κ2) is 13.1. The van der Waals surface area contributed by atoms with Crippen molar-refractivity contribution in [1.82, 2.24) is 9.80 Å². The average molecular weight is 480 g/mol. The highest BCUT2D eigenvalue weighted by Gasteiger charge is 2.26. The molecular weight excluding hydrogens is 442 g/mol. The van der Waals surface area contributed by atoms with E-state index in [0.717, 1.165) is 81.5 Å². The summed E-state index contributed by atoms with van der Waals surface area (Å²) in [6.07, 6.45) is 7.42. The van der Waals surface area contributed by atoms with Gasteiger partial charge in [0.25, 0.3) is 0 Å². The fraction of sp³-hybridized carbons (Fsp3) is 0.536. The number of methoxy groups -OCH3 is 1. The average Bonchev–Trinajstić information content (AvgIpc) is 3.24. The Morgan fingerprint density at radius 3 is 2.69 bits per heavy atom. The number of amides is 1. The van der Waals surface area contributed by atoms with Crippen LogP contribution in [-0.2, 0) is 20.7 Å². The van der Waals surface area contributed by atoms with Crippen LogP contribution in [0, 0.1) is 11.3 Å². The van der Waals surface area contributed by atoms with E-state index in [9.17, 15) is 9.59 Å². The van der Waals surface area contributed by atoms with Crippen molar-refractivity contribution >= 4 is 11.9 Å². The van der Waals surface area contributed by atoms with Gasteiger partial charge in [0.05, 0.1) is 24.7 Å². The first-order valence-electron chi connectivity index (χ1n) is 12.6. The standard InChI is InChI=1S/C28H37N3O4/c1-4-5-6-9-24-25(20-35-28(24)33)21(2)8-7-12-30-13-15-31(16-14-30)27(32)18-22-10-11-23(19-29)26(17-22)34-3/h9-11,17H,4-8,12-16,18,20H2,1-3H3. The Morgan fingerprint density at radius 2 is 2.00 bits per heavy atom. The molecule has 3 rings (SSSR count). The molecule has 0 N–H and O–H groups in total. The van der Waals surface area contributed by atoms with Gasteiger partial charge in [-0.05, 0) is 50.4 Å². The number of rotatable bonds is 10. The lowest BCUT2D eigenvalue weighted by atomic mass is 9.98. The van der Waals surface area contributed by atoms with E-state index < -0.39 is 0 Å². The van der Waals surface area contributed by atoms with Crippen LogP contribution in [0.3, 0.4) is 0 Å².